The molecule has 1 aromatic rings. The Hall–Kier alpha value is -1.83. The second-order valence-corrected chi connectivity index (χ2v) is 3.28. The Morgan fingerprint density at radius 2 is 2.29 bits per heavy atom. The van der Waals surface area contributed by atoms with E-state index in [2.05, 4.69) is 10.3 Å². The molecule has 7 nitrogen and oxygen atoms in total. The Bertz CT molecular complexity index is 400. The maximum Gasteiger partial charge on any atom is 0.345 e. The molecular weight excluding hydrogens is 210 g/mol. The molecule has 0 atom stereocenters. The summed E-state index contributed by atoms with van der Waals surface area (Å²) in [6.07, 6.45) is 1.01. The van der Waals surface area contributed by atoms with Gasteiger partial charge < -0.3 is 0 Å². The SMILES string of the molecule is CC(=O)C(=O)Nc1ncc([N+](=O)[O-])s1. The van der Waals surface area contributed by atoms with Crippen molar-refractivity contribution in [1.29, 1.82) is 0 Å². The molecule has 1 aromatic heterocycles. The number of anilines is 1. The largest absolute Gasteiger partial charge is 0.345 e. The Labute approximate surface area is 81.9 Å². The second kappa shape index (κ2) is 3.92. The van der Waals surface area contributed by atoms with Crippen LogP contribution in [0.25, 0.3) is 0 Å². The van der Waals surface area contributed by atoms with Crippen LogP contribution in [0.2, 0.25) is 0 Å². The first-order valence-electron chi connectivity index (χ1n) is 3.43. The van der Waals surface area contributed by atoms with Gasteiger partial charge in [0.25, 0.3) is 5.91 Å². The lowest BCUT2D eigenvalue weighted by Gasteiger charge is -1.93. The minimum absolute atomic E-state index is 0.0388. The molecule has 1 amide bonds. The molecule has 14 heavy (non-hydrogen) atoms. The molecule has 0 radical (unpaired) electrons. The van der Waals surface area contributed by atoms with Gasteiger partial charge in [0.1, 0.15) is 6.20 Å². The van der Waals surface area contributed by atoms with Crippen molar-refractivity contribution >= 4 is 33.2 Å². The van der Waals surface area contributed by atoms with Gasteiger partial charge in [-0.15, -0.1) is 0 Å². The molecule has 74 valence electrons. The third-order valence-corrected chi connectivity index (χ3v) is 2.08. The number of nitrogens with zero attached hydrogens (tertiary/aromatic N) is 2. The molecule has 0 aromatic carbocycles. The monoisotopic (exact) mass is 215 g/mol. The number of thiazole rings is 1. The van der Waals surface area contributed by atoms with Crippen LogP contribution in [-0.2, 0) is 9.59 Å². The van der Waals surface area contributed by atoms with Crippen LogP contribution in [0.1, 0.15) is 6.92 Å². The van der Waals surface area contributed by atoms with Crippen molar-refractivity contribution in [2.24, 2.45) is 0 Å². The number of ketones is 1. The number of carbonyl (C=O) groups is 2. The number of amides is 1. The zero-order valence-corrected chi connectivity index (χ0v) is 7.83. The summed E-state index contributed by atoms with van der Waals surface area (Å²) >= 11 is 0.692. The number of rotatable bonds is 3. The van der Waals surface area contributed by atoms with Crippen LogP contribution < -0.4 is 5.32 Å². The average molecular weight is 215 g/mol. The van der Waals surface area contributed by atoms with Gasteiger partial charge in [0, 0.05) is 6.92 Å². The van der Waals surface area contributed by atoms with Crippen molar-refractivity contribution in [3.8, 4) is 0 Å². The first-order chi connectivity index (χ1) is 6.50. The summed E-state index contributed by atoms with van der Waals surface area (Å²) in [6.45, 7) is 1.09. The highest BCUT2D eigenvalue weighted by atomic mass is 32.1. The molecule has 1 N–H and O–H groups in total. The first-order valence-corrected chi connectivity index (χ1v) is 4.24. The predicted octanol–water partition coefficient (Wildman–Crippen LogP) is 0.579. The molecule has 1 rings (SSSR count). The fraction of sp³-hybridized carbons (Fsp3) is 0.167. The zero-order valence-electron chi connectivity index (χ0n) is 7.01. The Kier molecular flexibility index (Phi) is 2.87. The molecule has 0 spiro atoms. The van der Waals surface area contributed by atoms with Gasteiger partial charge in [0.05, 0.1) is 4.92 Å². The molecular formula is C6H5N3O4S. The van der Waals surface area contributed by atoms with Crippen molar-refractivity contribution in [2.45, 2.75) is 6.92 Å². The number of Topliss-reactive ketones (excluding diaryl/α,β-unsaturated/α-hetero) is 1. The molecule has 0 saturated heterocycles. The van der Waals surface area contributed by atoms with E-state index in [0.717, 1.165) is 13.1 Å². The predicted molar refractivity (Wildman–Crippen MR) is 48.1 cm³/mol. The van der Waals surface area contributed by atoms with Crippen LogP contribution in [0, 0.1) is 10.1 Å². The fourth-order valence-electron chi connectivity index (χ4n) is 0.593. The fourth-order valence-corrected chi connectivity index (χ4v) is 1.22. The third kappa shape index (κ3) is 2.33. The summed E-state index contributed by atoms with van der Waals surface area (Å²) in [5.74, 6) is -1.52. The van der Waals surface area contributed by atoms with E-state index in [-0.39, 0.29) is 10.1 Å². The number of carbonyl (C=O) groups excluding carboxylic acids is 2. The van der Waals surface area contributed by atoms with Crippen LogP contribution >= 0.6 is 11.3 Å². The molecule has 0 saturated carbocycles. The molecule has 8 heteroatoms. The Morgan fingerprint density at radius 1 is 1.64 bits per heavy atom. The molecule has 0 aliphatic carbocycles. The standard InChI is InChI=1S/C6H5N3O4S/c1-3(10)5(11)8-6-7-2-4(14-6)9(12)13/h2H,1H3,(H,7,8,11). The van der Waals surface area contributed by atoms with Gasteiger partial charge in [0.15, 0.2) is 5.13 Å². The van der Waals surface area contributed by atoms with Crippen LogP contribution in [0.3, 0.4) is 0 Å². The van der Waals surface area contributed by atoms with E-state index >= 15 is 0 Å². The van der Waals surface area contributed by atoms with Crippen LogP contribution in [0.15, 0.2) is 6.20 Å². The minimum Gasteiger partial charge on any atom is -0.295 e. The topological polar surface area (TPSA) is 102 Å². The summed E-state index contributed by atoms with van der Waals surface area (Å²) in [5, 5.41) is 12.2. The minimum atomic E-state index is -0.839. The molecule has 1 heterocycles. The highest BCUT2D eigenvalue weighted by Crippen LogP contribution is 2.24. The van der Waals surface area contributed by atoms with Gasteiger partial charge in [-0.1, -0.05) is 0 Å². The quantitative estimate of drug-likeness (QED) is 0.451. The highest BCUT2D eigenvalue weighted by molar-refractivity contribution is 7.18. The lowest BCUT2D eigenvalue weighted by molar-refractivity contribution is -0.380. The van der Waals surface area contributed by atoms with Crippen molar-refractivity contribution in [1.82, 2.24) is 4.98 Å². The van der Waals surface area contributed by atoms with Crippen molar-refractivity contribution in [2.75, 3.05) is 5.32 Å². The van der Waals surface area contributed by atoms with Crippen LogP contribution in [0.4, 0.5) is 10.1 Å². The van der Waals surface area contributed by atoms with Crippen LogP contribution in [-0.4, -0.2) is 21.6 Å². The molecule has 0 aliphatic rings. The number of aromatic nitrogens is 1. The van der Waals surface area contributed by atoms with Gasteiger partial charge in [-0.3, -0.25) is 25.0 Å². The van der Waals surface area contributed by atoms with E-state index in [1.807, 2.05) is 0 Å². The number of nitro groups is 1. The number of nitrogens with one attached hydrogen (secondary N) is 1. The Morgan fingerprint density at radius 3 is 2.71 bits per heavy atom. The van der Waals surface area contributed by atoms with E-state index in [1.165, 1.54) is 0 Å². The average Bonchev–Trinajstić information content (AvgIpc) is 2.52. The van der Waals surface area contributed by atoms with Gasteiger partial charge in [-0.2, -0.15) is 0 Å². The van der Waals surface area contributed by atoms with E-state index in [1.54, 1.807) is 0 Å². The van der Waals surface area contributed by atoms with Crippen molar-refractivity contribution in [3.05, 3.63) is 16.3 Å². The van der Waals surface area contributed by atoms with E-state index in [4.69, 9.17) is 0 Å². The summed E-state index contributed by atoms with van der Waals surface area (Å²) in [7, 11) is 0. The van der Waals surface area contributed by atoms with Crippen molar-refractivity contribution in [3.63, 3.8) is 0 Å². The van der Waals surface area contributed by atoms with Crippen molar-refractivity contribution < 1.29 is 14.5 Å². The number of hydrogen-bond acceptors (Lipinski definition) is 6. The van der Waals surface area contributed by atoms with Gasteiger partial charge >= 0.3 is 5.00 Å². The maximum atomic E-state index is 10.8. The van der Waals surface area contributed by atoms with Crippen LogP contribution in [0.5, 0.6) is 0 Å². The Balaban J connectivity index is 2.74. The summed E-state index contributed by atoms with van der Waals surface area (Å²) in [6, 6.07) is 0. The summed E-state index contributed by atoms with van der Waals surface area (Å²) in [5.41, 5.74) is 0. The second-order valence-electron chi connectivity index (χ2n) is 2.27. The van der Waals surface area contributed by atoms with E-state index in [9.17, 15) is 19.7 Å². The van der Waals surface area contributed by atoms with Gasteiger partial charge in [0.2, 0.25) is 5.78 Å². The smallest absolute Gasteiger partial charge is 0.295 e. The normalized spacial score (nSPS) is 9.50. The molecule has 0 fully saturated rings. The summed E-state index contributed by atoms with van der Waals surface area (Å²) < 4.78 is 0. The number of hydrogen-bond donors (Lipinski definition) is 1. The lowest BCUT2D eigenvalue weighted by atomic mass is 10.4. The van der Waals surface area contributed by atoms with E-state index in [0.29, 0.717) is 11.3 Å². The van der Waals surface area contributed by atoms with Gasteiger partial charge in [-0.25, -0.2) is 4.98 Å². The molecule has 0 aliphatic heterocycles. The highest BCUT2D eigenvalue weighted by Gasteiger charge is 2.14. The molecule has 0 unspecified atom stereocenters. The summed E-state index contributed by atoms with van der Waals surface area (Å²) in [4.78, 5) is 34.5. The lowest BCUT2D eigenvalue weighted by Crippen LogP contribution is -2.19. The first kappa shape index (κ1) is 10.3. The zero-order chi connectivity index (χ0) is 10.7. The van der Waals surface area contributed by atoms with Gasteiger partial charge in [-0.05, 0) is 11.3 Å². The maximum absolute atomic E-state index is 10.8. The third-order valence-electron chi connectivity index (χ3n) is 1.21. The molecule has 0 bridgehead atoms. The van der Waals surface area contributed by atoms with E-state index < -0.39 is 16.6 Å².